The summed E-state index contributed by atoms with van der Waals surface area (Å²) >= 11 is 0. The first-order chi connectivity index (χ1) is 13.6. The lowest BCUT2D eigenvalue weighted by atomic mass is 10.0. The quantitative estimate of drug-likeness (QED) is 0.567. The first-order valence-corrected chi connectivity index (χ1v) is 9.38. The van der Waals surface area contributed by atoms with E-state index in [1.54, 1.807) is 32.7 Å². The van der Waals surface area contributed by atoms with Crippen molar-refractivity contribution in [1.82, 2.24) is 10.2 Å². The van der Waals surface area contributed by atoms with E-state index in [1.807, 2.05) is 0 Å². The number of hydrogen-bond acceptors (Lipinski definition) is 7. The van der Waals surface area contributed by atoms with Gasteiger partial charge in [0.05, 0.1) is 17.6 Å². The maximum Gasteiger partial charge on any atom is 0.407 e. The third-order valence-corrected chi connectivity index (χ3v) is 4.42. The Hall–Kier alpha value is -3.04. The summed E-state index contributed by atoms with van der Waals surface area (Å²) in [5, 5.41) is 16.9. The normalized spacial score (nSPS) is 16.7. The van der Waals surface area contributed by atoms with Crippen molar-refractivity contribution < 1.29 is 24.0 Å². The number of methoxy groups -OCH3 is 1. The van der Waals surface area contributed by atoms with Crippen LogP contribution < -0.4 is 15.4 Å². The van der Waals surface area contributed by atoms with Gasteiger partial charge in [0.2, 0.25) is 0 Å². The molecule has 1 fully saturated rings. The predicted molar refractivity (Wildman–Crippen MR) is 107 cm³/mol. The van der Waals surface area contributed by atoms with E-state index in [1.165, 1.54) is 19.2 Å². The van der Waals surface area contributed by atoms with E-state index in [0.717, 1.165) is 0 Å². The first kappa shape index (κ1) is 22.3. The van der Waals surface area contributed by atoms with Crippen LogP contribution in [0, 0.1) is 10.1 Å². The molecule has 0 aromatic heterocycles. The van der Waals surface area contributed by atoms with Gasteiger partial charge in [0.1, 0.15) is 11.4 Å². The van der Waals surface area contributed by atoms with E-state index < -0.39 is 16.6 Å². The van der Waals surface area contributed by atoms with Gasteiger partial charge in [0.15, 0.2) is 5.69 Å². The molecule has 1 saturated heterocycles. The minimum Gasteiger partial charge on any atom is -0.494 e. The van der Waals surface area contributed by atoms with E-state index in [0.29, 0.717) is 25.9 Å². The molecule has 10 heteroatoms. The fourth-order valence-electron chi connectivity index (χ4n) is 3.22. The van der Waals surface area contributed by atoms with Gasteiger partial charge in [0.25, 0.3) is 11.6 Å². The third-order valence-electron chi connectivity index (χ3n) is 4.42. The number of carbonyl (C=O) groups is 2. The van der Waals surface area contributed by atoms with Gasteiger partial charge in [-0.2, -0.15) is 0 Å². The second-order valence-corrected chi connectivity index (χ2v) is 7.82. The molecule has 29 heavy (non-hydrogen) atoms. The number of hydrogen-bond donors (Lipinski definition) is 2. The van der Waals surface area contributed by atoms with Gasteiger partial charge in [-0.3, -0.25) is 14.9 Å². The summed E-state index contributed by atoms with van der Waals surface area (Å²) in [6.07, 6.45) is 0.873. The molecule has 0 spiro atoms. The Bertz CT molecular complexity index is 790. The summed E-state index contributed by atoms with van der Waals surface area (Å²) in [4.78, 5) is 37.4. The van der Waals surface area contributed by atoms with Crippen LogP contribution in [0.3, 0.4) is 0 Å². The summed E-state index contributed by atoms with van der Waals surface area (Å²) in [6.45, 7) is 6.12. The molecule has 0 bridgehead atoms. The smallest absolute Gasteiger partial charge is 0.407 e. The Kier molecular flexibility index (Phi) is 6.89. The van der Waals surface area contributed by atoms with Crippen molar-refractivity contribution in [3.8, 4) is 5.75 Å². The number of benzene rings is 1. The van der Waals surface area contributed by atoms with E-state index in [9.17, 15) is 19.7 Å². The van der Waals surface area contributed by atoms with Gasteiger partial charge in [-0.15, -0.1) is 0 Å². The van der Waals surface area contributed by atoms with Gasteiger partial charge in [-0.05, 0) is 39.7 Å². The SMILES string of the molecule is CNc1c(OC)cc(C(=O)N2CCCC(NC(=O)OC(C)(C)C)C2)cc1[N+](=O)[O-]. The van der Waals surface area contributed by atoms with Crippen LogP contribution in [0.1, 0.15) is 44.0 Å². The van der Waals surface area contributed by atoms with Crippen LogP contribution in [0.2, 0.25) is 0 Å². The Labute approximate surface area is 169 Å². The second kappa shape index (κ2) is 8.97. The molecule has 2 N–H and O–H groups in total. The van der Waals surface area contributed by atoms with E-state index in [-0.39, 0.29) is 34.6 Å². The maximum atomic E-state index is 13.0. The van der Waals surface area contributed by atoms with Crippen LogP contribution in [0.25, 0.3) is 0 Å². The average Bonchev–Trinajstić information content (AvgIpc) is 2.64. The Balaban J connectivity index is 2.18. The van der Waals surface area contributed by atoms with Crippen LogP contribution in [-0.2, 0) is 4.74 Å². The van der Waals surface area contributed by atoms with E-state index in [2.05, 4.69) is 10.6 Å². The van der Waals surface area contributed by atoms with Crippen molar-refractivity contribution in [2.75, 3.05) is 32.6 Å². The molecule has 0 radical (unpaired) electrons. The zero-order valence-corrected chi connectivity index (χ0v) is 17.4. The summed E-state index contributed by atoms with van der Waals surface area (Å²) < 4.78 is 10.5. The van der Waals surface area contributed by atoms with Crippen LogP contribution in [-0.4, -0.2) is 60.7 Å². The molecule has 0 saturated carbocycles. The average molecular weight is 408 g/mol. The van der Waals surface area contributed by atoms with E-state index in [4.69, 9.17) is 9.47 Å². The van der Waals surface area contributed by atoms with Crippen molar-refractivity contribution in [2.24, 2.45) is 0 Å². The Morgan fingerprint density at radius 2 is 2.00 bits per heavy atom. The molecule has 160 valence electrons. The summed E-state index contributed by atoms with van der Waals surface area (Å²) in [5.74, 6) is -0.143. The van der Waals surface area contributed by atoms with Crippen molar-refractivity contribution in [2.45, 2.75) is 45.3 Å². The van der Waals surface area contributed by atoms with Crippen LogP contribution >= 0.6 is 0 Å². The summed E-state index contributed by atoms with van der Waals surface area (Å²) in [7, 11) is 2.93. The van der Waals surface area contributed by atoms with Crippen molar-refractivity contribution in [3.05, 3.63) is 27.8 Å². The molecule has 1 unspecified atom stereocenters. The van der Waals surface area contributed by atoms with Gasteiger partial charge in [-0.1, -0.05) is 0 Å². The Morgan fingerprint density at radius 1 is 1.31 bits per heavy atom. The molecule has 2 amide bonds. The van der Waals surface area contributed by atoms with Gasteiger partial charge < -0.3 is 25.0 Å². The zero-order chi connectivity index (χ0) is 21.8. The number of ether oxygens (including phenoxy) is 2. The minimum absolute atomic E-state index is 0.158. The number of carbonyl (C=O) groups excluding carboxylic acids is 2. The van der Waals surface area contributed by atoms with Crippen LogP contribution in [0.4, 0.5) is 16.2 Å². The highest BCUT2D eigenvalue weighted by Gasteiger charge is 2.29. The molecule has 1 aliphatic rings. The molecule has 1 aromatic carbocycles. The lowest BCUT2D eigenvalue weighted by molar-refractivity contribution is -0.384. The number of rotatable bonds is 5. The second-order valence-electron chi connectivity index (χ2n) is 7.82. The highest BCUT2D eigenvalue weighted by molar-refractivity contribution is 5.97. The predicted octanol–water partition coefficient (Wildman–Crippen LogP) is 2.77. The summed E-state index contributed by atoms with van der Waals surface area (Å²) in [6, 6.07) is 2.46. The standard InChI is InChI=1S/C19H28N4O6/c1-19(2,3)29-18(25)21-13-7-6-8-22(11-13)17(24)12-9-14(23(26)27)16(20-4)15(10-12)28-5/h9-10,13,20H,6-8,11H2,1-5H3,(H,21,25). The zero-order valence-electron chi connectivity index (χ0n) is 17.4. The van der Waals surface area contributed by atoms with Gasteiger partial charge >= 0.3 is 6.09 Å². The van der Waals surface area contributed by atoms with Gasteiger partial charge in [0, 0.05) is 32.2 Å². The number of likely N-dealkylation sites (tertiary alicyclic amines) is 1. The van der Waals surface area contributed by atoms with Crippen molar-refractivity contribution >= 4 is 23.4 Å². The number of nitrogens with zero attached hydrogens (tertiary/aromatic N) is 2. The monoisotopic (exact) mass is 408 g/mol. The fraction of sp³-hybridized carbons (Fsp3) is 0.579. The number of anilines is 1. The molecule has 10 nitrogen and oxygen atoms in total. The van der Waals surface area contributed by atoms with Gasteiger partial charge in [-0.25, -0.2) is 4.79 Å². The molecule has 0 aliphatic carbocycles. The lowest BCUT2D eigenvalue weighted by Crippen LogP contribution is -2.50. The fourth-order valence-corrected chi connectivity index (χ4v) is 3.22. The number of nitro groups is 1. The highest BCUT2D eigenvalue weighted by atomic mass is 16.6. The highest BCUT2D eigenvalue weighted by Crippen LogP contribution is 2.36. The molecular formula is C19H28N4O6. The molecule has 1 aromatic rings. The molecule has 1 aliphatic heterocycles. The minimum atomic E-state index is -0.612. The van der Waals surface area contributed by atoms with Crippen molar-refractivity contribution in [3.63, 3.8) is 0 Å². The number of amides is 2. The first-order valence-electron chi connectivity index (χ1n) is 9.38. The number of alkyl carbamates (subject to hydrolysis) is 1. The maximum absolute atomic E-state index is 13.0. The third kappa shape index (κ3) is 5.72. The van der Waals surface area contributed by atoms with Crippen molar-refractivity contribution in [1.29, 1.82) is 0 Å². The molecule has 1 atom stereocenters. The van der Waals surface area contributed by atoms with Crippen LogP contribution in [0.15, 0.2) is 12.1 Å². The van der Waals surface area contributed by atoms with E-state index >= 15 is 0 Å². The topological polar surface area (TPSA) is 123 Å². The number of nitrogens with one attached hydrogen (secondary N) is 2. The Morgan fingerprint density at radius 3 is 2.55 bits per heavy atom. The molecule has 2 rings (SSSR count). The molecular weight excluding hydrogens is 380 g/mol. The number of piperidine rings is 1. The number of nitro benzene ring substituents is 1. The summed E-state index contributed by atoms with van der Waals surface area (Å²) in [5.41, 5.74) is -0.489. The molecule has 1 heterocycles. The van der Waals surface area contributed by atoms with Crippen LogP contribution in [0.5, 0.6) is 5.75 Å². The lowest BCUT2D eigenvalue weighted by Gasteiger charge is -2.33. The largest absolute Gasteiger partial charge is 0.494 e.